The van der Waals surface area contributed by atoms with Crippen molar-refractivity contribution in [2.75, 3.05) is 18.0 Å². The quantitative estimate of drug-likeness (QED) is 0.341. The lowest BCUT2D eigenvalue weighted by molar-refractivity contribution is -0.141. The van der Waals surface area contributed by atoms with Crippen LogP contribution in [0.3, 0.4) is 0 Å². The van der Waals surface area contributed by atoms with E-state index in [1.54, 1.807) is 43.3 Å². The molecule has 3 aromatic carbocycles. The number of aryl methyl sites for hydroxylation is 1. The average Bonchev–Trinajstić information content (AvgIpc) is 2.91. The zero-order chi connectivity index (χ0) is 30.4. The van der Waals surface area contributed by atoms with Crippen molar-refractivity contribution in [3.05, 3.63) is 89.7 Å². The molecule has 0 spiro atoms. The largest absolute Gasteiger partial charge is 0.495 e. The van der Waals surface area contributed by atoms with Gasteiger partial charge in [0.1, 0.15) is 24.2 Å². The van der Waals surface area contributed by atoms with Crippen LogP contribution in [-0.4, -0.2) is 50.4 Å². The van der Waals surface area contributed by atoms with Gasteiger partial charge >= 0.3 is 0 Å². The van der Waals surface area contributed by atoms with Crippen LogP contribution in [0.15, 0.2) is 77.7 Å². The summed E-state index contributed by atoms with van der Waals surface area (Å²) in [7, 11) is -2.82. The Morgan fingerprint density at radius 2 is 1.59 bits per heavy atom. The molecule has 41 heavy (non-hydrogen) atoms. The predicted molar refractivity (Wildman–Crippen MR) is 158 cm³/mol. The summed E-state index contributed by atoms with van der Waals surface area (Å²) in [6.07, 6.45) is 0.272. The van der Waals surface area contributed by atoms with Gasteiger partial charge in [-0.05, 0) is 76.1 Å². The van der Waals surface area contributed by atoms with Crippen molar-refractivity contribution < 1.29 is 27.1 Å². The van der Waals surface area contributed by atoms with Crippen LogP contribution in [0.25, 0.3) is 0 Å². The van der Waals surface area contributed by atoms with E-state index in [0.29, 0.717) is 5.56 Å². The van der Waals surface area contributed by atoms with E-state index in [0.717, 1.165) is 9.87 Å². The Labute approximate surface area is 242 Å². The van der Waals surface area contributed by atoms with E-state index in [2.05, 4.69) is 5.32 Å². The number of amides is 2. The van der Waals surface area contributed by atoms with Gasteiger partial charge in [0, 0.05) is 12.1 Å². The van der Waals surface area contributed by atoms with Crippen LogP contribution >= 0.6 is 0 Å². The fraction of sp³-hybridized carbons (Fsp3) is 0.355. The number of methoxy groups -OCH3 is 1. The van der Waals surface area contributed by atoms with Gasteiger partial charge in [0.05, 0.1) is 17.7 Å². The molecule has 0 bridgehead atoms. The lowest BCUT2D eigenvalue weighted by Crippen LogP contribution is -2.55. The summed E-state index contributed by atoms with van der Waals surface area (Å²) in [5.41, 5.74) is 1.09. The third kappa shape index (κ3) is 8.07. The minimum absolute atomic E-state index is 0.00408. The second-order valence-electron chi connectivity index (χ2n) is 10.8. The molecule has 0 aliphatic heterocycles. The lowest BCUT2D eigenvalue weighted by atomic mass is 10.1. The second-order valence-corrected chi connectivity index (χ2v) is 12.7. The topological polar surface area (TPSA) is 96.0 Å². The van der Waals surface area contributed by atoms with E-state index in [1.807, 2.05) is 27.7 Å². The number of carbonyl (C=O) groups is 2. The second kappa shape index (κ2) is 13.2. The minimum Gasteiger partial charge on any atom is -0.495 e. The molecule has 3 aromatic rings. The third-order valence-electron chi connectivity index (χ3n) is 6.39. The van der Waals surface area contributed by atoms with Gasteiger partial charge < -0.3 is 15.0 Å². The van der Waals surface area contributed by atoms with Gasteiger partial charge in [0.2, 0.25) is 11.8 Å². The highest BCUT2D eigenvalue weighted by atomic mass is 32.2. The number of halogens is 1. The van der Waals surface area contributed by atoms with Crippen LogP contribution in [0.4, 0.5) is 10.1 Å². The van der Waals surface area contributed by atoms with Crippen molar-refractivity contribution in [3.8, 4) is 5.75 Å². The normalized spacial score (nSPS) is 12.4. The molecule has 1 atom stereocenters. The maximum Gasteiger partial charge on any atom is 0.264 e. The molecule has 0 heterocycles. The molecule has 1 N–H and O–H groups in total. The van der Waals surface area contributed by atoms with E-state index in [4.69, 9.17) is 4.74 Å². The summed E-state index contributed by atoms with van der Waals surface area (Å²) in [6.45, 7) is 8.50. The average molecular weight is 584 g/mol. The molecule has 220 valence electrons. The molecular weight excluding hydrogens is 545 g/mol. The Hall–Kier alpha value is -3.92. The summed E-state index contributed by atoms with van der Waals surface area (Å²) in [6, 6.07) is 17.6. The van der Waals surface area contributed by atoms with E-state index in [-0.39, 0.29) is 35.2 Å². The molecule has 2 amide bonds. The van der Waals surface area contributed by atoms with E-state index < -0.39 is 39.9 Å². The summed E-state index contributed by atoms with van der Waals surface area (Å²) >= 11 is 0. The van der Waals surface area contributed by atoms with Gasteiger partial charge in [-0.15, -0.1) is 0 Å². The van der Waals surface area contributed by atoms with Crippen LogP contribution in [-0.2, 0) is 26.2 Å². The Balaban J connectivity index is 2.10. The van der Waals surface area contributed by atoms with Crippen molar-refractivity contribution in [1.29, 1.82) is 0 Å². The van der Waals surface area contributed by atoms with E-state index in [9.17, 15) is 22.4 Å². The maximum absolute atomic E-state index is 14.1. The van der Waals surface area contributed by atoms with Gasteiger partial charge in [-0.25, -0.2) is 12.8 Å². The Kier molecular flexibility index (Phi) is 10.1. The number of hydrogen-bond acceptors (Lipinski definition) is 5. The van der Waals surface area contributed by atoms with Crippen LogP contribution in [0.5, 0.6) is 5.75 Å². The molecule has 0 aromatic heterocycles. The zero-order valence-corrected chi connectivity index (χ0v) is 25.2. The van der Waals surface area contributed by atoms with Gasteiger partial charge in [-0.1, -0.05) is 48.9 Å². The van der Waals surface area contributed by atoms with E-state index >= 15 is 0 Å². The van der Waals surface area contributed by atoms with Gasteiger partial charge in [0.25, 0.3) is 10.0 Å². The monoisotopic (exact) mass is 583 g/mol. The van der Waals surface area contributed by atoms with Crippen LogP contribution in [0.2, 0.25) is 0 Å². The number of rotatable bonds is 11. The number of para-hydroxylation sites is 2. The van der Waals surface area contributed by atoms with Gasteiger partial charge in [-0.2, -0.15) is 0 Å². The number of ether oxygens (including phenoxy) is 1. The number of hydrogen-bond donors (Lipinski definition) is 1. The number of carbonyl (C=O) groups excluding carboxylic acids is 2. The molecule has 0 saturated heterocycles. The van der Waals surface area contributed by atoms with Crippen molar-refractivity contribution in [1.82, 2.24) is 10.2 Å². The fourth-order valence-corrected chi connectivity index (χ4v) is 5.77. The molecule has 0 fully saturated rings. The number of anilines is 1. The lowest BCUT2D eigenvalue weighted by Gasteiger charge is -2.35. The molecule has 0 aliphatic rings. The van der Waals surface area contributed by atoms with Crippen LogP contribution in [0.1, 0.15) is 45.2 Å². The molecule has 8 nitrogen and oxygen atoms in total. The van der Waals surface area contributed by atoms with Crippen LogP contribution < -0.4 is 14.4 Å². The summed E-state index contributed by atoms with van der Waals surface area (Å²) in [5, 5.41) is 2.92. The van der Waals surface area contributed by atoms with Crippen molar-refractivity contribution in [2.45, 2.75) is 64.1 Å². The molecular formula is C31H38FN3O5S. The first kappa shape index (κ1) is 31.6. The maximum atomic E-state index is 14.1. The first-order valence-electron chi connectivity index (χ1n) is 13.3. The Morgan fingerprint density at radius 1 is 0.976 bits per heavy atom. The first-order chi connectivity index (χ1) is 19.3. The fourth-order valence-electron chi connectivity index (χ4n) is 4.35. The highest BCUT2D eigenvalue weighted by Crippen LogP contribution is 2.32. The molecule has 0 radical (unpaired) electrons. The third-order valence-corrected chi connectivity index (χ3v) is 8.17. The highest BCUT2D eigenvalue weighted by molar-refractivity contribution is 7.92. The zero-order valence-electron chi connectivity index (χ0n) is 24.3. The predicted octanol–water partition coefficient (Wildman–Crippen LogP) is 5.06. The standard InChI is InChI=1S/C31H38FN3O5S/c1-7-26(30(37)33-31(3,4)5)34(20-23-14-16-24(32)17-15-23)29(36)21-35(27-10-8-9-11-28(27)40-6)41(38,39)25-18-12-22(2)13-19-25/h8-19,26H,7,20-21H2,1-6H3,(H,33,37). The summed E-state index contributed by atoms with van der Waals surface area (Å²) in [4.78, 5) is 28.8. The van der Waals surface area contributed by atoms with E-state index in [1.165, 1.54) is 48.4 Å². The number of sulfonamides is 1. The van der Waals surface area contributed by atoms with Gasteiger partial charge in [-0.3, -0.25) is 13.9 Å². The molecule has 1 unspecified atom stereocenters. The molecule has 3 rings (SSSR count). The van der Waals surface area contributed by atoms with Gasteiger partial charge in [0.15, 0.2) is 0 Å². The smallest absolute Gasteiger partial charge is 0.264 e. The number of nitrogens with one attached hydrogen (secondary N) is 1. The summed E-state index contributed by atoms with van der Waals surface area (Å²) < 4.78 is 48.1. The van der Waals surface area contributed by atoms with Crippen molar-refractivity contribution in [2.24, 2.45) is 0 Å². The van der Waals surface area contributed by atoms with Crippen LogP contribution in [0, 0.1) is 12.7 Å². The molecule has 0 aliphatic carbocycles. The van der Waals surface area contributed by atoms with Crippen molar-refractivity contribution >= 4 is 27.5 Å². The molecule has 10 heteroatoms. The highest BCUT2D eigenvalue weighted by Gasteiger charge is 2.35. The SMILES string of the molecule is CCC(C(=O)NC(C)(C)C)N(Cc1ccc(F)cc1)C(=O)CN(c1ccccc1OC)S(=O)(=O)c1ccc(C)cc1. The minimum atomic E-state index is -4.24. The number of nitrogens with zero attached hydrogens (tertiary/aromatic N) is 2. The molecule has 0 saturated carbocycles. The first-order valence-corrected chi connectivity index (χ1v) is 14.8. The summed E-state index contributed by atoms with van der Waals surface area (Å²) in [5.74, 6) is -1.15. The number of benzene rings is 3. The van der Waals surface area contributed by atoms with Crippen molar-refractivity contribution in [3.63, 3.8) is 0 Å². The Bertz CT molecular complexity index is 1450. The Morgan fingerprint density at radius 3 is 2.15 bits per heavy atom.